The second-order valence-electron chi connectivity index (χ2n) is 4.30. The molecule has 0 saturated heterocycles. The molecule has 0 N–H and O–H groups in total. The zero-order valence-electron chi connectivity index (χ0n) is 10.7. The second kappa shape index (κ2) is 6.12. The SMILES string of the molecule is Clc1cccc(-c2cc(Sc3ccccc3)ccn2)c1. The molecule has 0 unspecified atom stereocenters. The molecule has 0 saturated carbocycles. The molecule has 0 aliphatic rings. The van der Waals surface area contributed by atoms with E-state index in [4.69, 9.17) is 11.6 Å². The average Bonchev–Trinajstić information content (AvgIpc) is 2.49. The Hall–Kier alpha value is -1.77. The maximum atomic E-state index is 6.03. The van der Waals surface area contributed by atoms with Crippen LogP contribution < -0.4 is 0 Å². The van der Waals surface area contributed by atoms with Gasteiger partial charge in [0.15, 0.2) is 0 Å². The predicted octanol–water partition coefficient (Wildman–Crippen LogP) is 5.55. The fraction of sp³-hybridized carbons (Fsp3) is 0. The van der Waals surface area contributed by atoms with Crippen LogP contribution in [0.4, 0.5) is 0 Å². The van der Waals surface area contributed by atoms with Crippen LogP contribution in [0, 0.1) is 0 Å². The summed E-state index contributed by atoms with van der Waals surface area (Å²) in [6.45, 7) is 0. The summed E-state index contributed by atoms with van der Waals surface area (Å²) in [4.78, 5) is 6.81. The third-order valence-corrected chi connectivity index (χ3v) is 4.06. The van der Waals surface area contributed by atoms with Crippen molar-refractivity contribution >= 4 is 23.4 Å². The highest BCUT2D eigenvalue weighted by atomic mass is 35.5. The summed E-state index contributed by atoms with van der Waals surface area (Å²) in [5.41, 5.74) is 1.97. The van der Waals surface area contributed by atoms with E-state index in [9.17, 15) is 0 Å². The fourth-order valence-corrected chi connectivity index (χ4v) is 2.96. The highest BCUT2D eigenvalue weighted by Gasteiger charge is 2.03. The number of hydrogen-bond acceptors (Lipinski definition) is 2. The van der Waals surface area contributed by atoms with Gasteiger partial charge in [-0.2, -0.15) is 0 Å². The van der Waals surface area contributed by atoms with Crippen LogP contribution in [0.1, 0.15) is 0 Å². The van der Waals surface area contributed by atoms with Crippen molar-refractivity contribution in [3.63, 3.8) is 0 Å². The van der Waals surface area contributed by atoms with Gasteiger partial charge in [0.2, 0.25) is 0 Å². The first-order valence-electron chi connectivity index (χ1n) is 6.26. The number of aromatic nitrogens is 1. The lowest BCUT2D eigenvalue weighted by Crippen LogP contribution is -1.84. The second-order valence-corrected chi connectivity index (χ2v) is 5.89. The molecule has 20 heavy (non-hydrogen) atoms. The molecular weight excluding hydrogens is 286 g/mol. The first-order valence-corrected chi connectivity index (χ1v) is 7.45. The summed E-state index contributed by atoms with van der Waals surface area (Å²) in [7, 11) is 0. The molecule has 0 fully saturated rings. The minimum atomic E-state index is 0.727. The Morgan fingerprint density at radius 3 is 2.45 bits per heavy atom. The average molecular weight is 298 g/mol. The van der Waals surface area contributed by atoms with Gasteiger partial charge in [-0.1, -0.05) is 53.7 Å². The molecule has 0 spiro atoms. The summed E-state index contributed by atoms with van der Waals surface area (Å²) in [6, 6.07) is 22.2. The zero-order valence-corrected chi connectivity index (χ0v) is 12.2. The summed E-state index contributed by atoms with van der Waals surface area (Å²) < 4.78 is 0. The van der Waals surface area contributed by atoms with E-state index < -0.39 is 0 Å². The van der Waals surface area contributed by atoms with Crippen LogP contribution >= 0.6 is 23.4 Å². The molecule has 1 nitrogen and oxygen atoms in total. The van der Waals surface area contributed by atoms with Crippen LogP contribution in [0.15, 0.2) is 82.7 Å². The molecule has 0 aliphatic heterocycles. The van der Waals surface area contributed by atoms with Crippen LogP contribution in [-0.2, 0) is 0 Å². The van der Waals surface area contributed by atoms with Gasteiger partial charge in [-0.3, -0.25) is 4.98 Å². The minimum absolute atomic E-state index is 0.727. The normalized spacial score (nSPS) is 10.4. The van der Waals surface area contributed by atoms with Crippen molar-refractivity contribution in [1.29, 1.82) is 0 Å². The standard InChI is InChI=1S/C17H12ClNS/c18-14-6-4-5-13(11-14)17-12-16(9-10-19-17)20-15-7-2-1-3-8-15/h1-12H. The van der Waals surface area contributed by atoms with Crippen molar-refractivity contribution in [2.75, 3.05) is 0 Å². The number of rotatable bonds is 3. The maximum Gasteiger partial charge on any atom is 0.0713 e. The van der Waals surface area contributed by atoms with Gasteiger partial charge in [0.1, 0.15) is 0 Å². The number of pyridine rings is 1. The summed E-state index contributed by atoms with van der Waals surface area (Å²) in [5, 5.41) is 0.727. The van der Waals surface area contributed by atoms with Crippen LogP contribution in [0.3, 0.4) is 0 Å². The van der Waals surface area contributed by atoms with Crippen molar-refractivity contribution < 1.29 is 0 Å². The lowest BCUT2D eigenvalue weighted by molar-refractivity contribution is 1.26. The Morgan fingerprint density at radius 1 is 0.800 bits per heavy atom. The third-order valence-electron chi connectivity index (χ3n) is 2.83. The molecular formula is C17H12ClNS. The first-order chi connectivity index (χ1) is 9.81. The zero-order chi connectivity index (χ0) is 13.8. The molecule has 0 radical (unpaired) electrons. The van der Waals surface area contributed by atoms with Gasteiger partial charge in [0, 0.05) is 26.6 Å². The molecule has 0 atom stereocenters. The fourth-order valence-electron chi connectivity index (χ4n) is 1.90. The van der Waals surface area contributed by atoms with Gasteiger partial charge >= 0.3 is 0 Å². The topological polar surface area (TPSA) is 12.9 Å². The molecule has 0 amide bonds. The van der Waals surface area contributed by atoms with Crippen LogP contribution in [0.25, 0.3) is 11.3 Å². The lowest BCUT2D eigenvalue weighted by atomic mass is 10.1. The summed E-state index contributed by atoms with van der Waals surface area (Å²) >= 11 is 7.76. The largest absolute Gasteiger partial charge is 0.256 e. The first kappa shape index (κ1) is 13.2. The van der Waals surface area contributed by atoms with Crippen LogP contribution in [0.5, 0.6) is 0 Å². The van der Waals surface area contributed by atoms with Crippen molar-refractivity contribution in [2.24, 2.45) is 0 Å². The number of nitrogens with zero attached hydrogens (tertiary/aromatic N) is 1. The molecule has 3 aromatic rings. The van der Waals surface area contributed by atoms with E-state index in [1.807, 2.05) is 54.7 Å². The summed E-state index contributed by atoms with van der Waals surface area (Å²) in [5.74, 6) is 0. The van der Waals surface area contributed by atoms with E-state index in [2.05, 4.69) is 23.2 Å². The van der Waals surface area contributed by atoms with Crippen molar-refractivity contribution in [2.45, 2.75) is 9.79 Å². The molecule has 0 aliphatic carbocycles. The Labute approximate surface area is 127 Å². The smallest absolute Gasteiger partial charge is 0.0713 e. The molecule has 2 aromatic carbocycles. The van der Waals surface area contributed by atoms with Crippen LogP contribution in [-0.4, -0.2) is 4.98 Å². The lowest BCUT2D eigenvalue weighted by Gasteiger charge is -2.05. The van der Waals surface area contributed by atoms with E-state index >= 15 is 0 Å². The maximum absolute atomic E-state index is 6.03. The van der Waals surface area contributed by atoms with Gasteiger partial charge in [0.05, 0.1) is 5.69 Å². The van der Waals surface area contributed by atoms with Crippen LogP contribution in [0.2, 0.25) is 5.02 Å². The quantitative estimate of drug-likeness (QED) is 0.628. The van der Waals surface area contributed by atoms with Gasteiger partial charge in [0.25, 0.3) is 0 Å². The summed E-state index contributed by atoms with van der Waals surface area (Å²) in [6.07, 6.45) is 1.83. The molecule has 3 rings (SSSR count). The number of hydrogen-bond donors (Lipinski definition) is 0. The van der Waals surface area contributed by atoms with Gasteiger partial charge in [-0.05, 0) is 36.4 Å². The molecule has 1 aromatic heterocycles. The Morgan fingerprint density at radius 2 is 1.65 bits per heavy atom. The molecule has 1 heterocycles. The highest BCUT2D eigenvalue weighted by Crippen LogP contribution is 2.30. The van der Waals surface area contributed by atoms with E-state index in [0.717, 1.165) is 16.3 Å². The molecule has 0 bridgehead atoms. The van der Waals surface area contributed by atoms with Gasteiger partial charge in [-0.25, -0.2) is 0 Å². The monoisotopic (exact) mass is 297 g/mol. The Bertz CT molecular complexity index is 713. The number of benzene rings is 2. The Kier molecular flexibility index (Phi) is 4.05. The van der Waals surface area contributed by atoms with Gasteiger partial charge in [-0.15, -0.1) is 0 Å². The minimum Gasteiger partial charge on any atom is -0.256 e. The van der Waals surface area contributed by atoms with Crippen molar-refractivity contribution in [1.82, 2.24) is 4.98 Å². The highest BCUT2D eigenvalue weighted by molar-refractivity contribution is 7.99. The number of halogens is 1. The van der Waals surface area contributed by atoms with Crippen molar-refractivity contribution in [3.05, 3.63) is 77.9 Å². The van der Waals surface area contributed by atoms with E-state index in [1.165, 1.54) is 9.79 Å². The van der Waals surface area contributed by atoms with E-state index in [0.29, 0.717) is 0 Å². The molecule has 98 valence electrons. The van der Waals surface area contributed by atoms with E-state index in [-0.39, 0.29) is 0 Å². The Balaban J connectivity index is 1.90. The predicted molar refractivity (Wildman–Crippen MR) is 85.2 cm³/mol. The van der Waals surface area contributed by atoms with E-state index in [1.54, 1.807) is 11.8 Å². The van der Waals surface area contributed by atoms with Gasteiger partial charge < -0.3 is 0 Å². The third kappa shape index (κ3) is 3.21. The molecule has 3 heteroatoms. The van der Waals surface area contributed by atoms with Crippen molar-refractivity contribution in [3.8, 4) is 11.3 Å².